The van der Waals surface area contributed by atoms with E-state index in [2.05, 4.69) is 88.9 Å². The summed E-state index contributed by atoms with van der Waals surface area (Å²) in [5.74, 6) is 1.60. The fraction of sp³-hybridized carbons (Fsp3) is 0.611. The fourth-order valence-electron chi connectivity index (χ4n) is 7.10. The van der Waals surface area contributed by atoms with E-state index >= 15 is 0 Å². The van der Waals surface area contributed by atoms with Gasteiger partial charge in [-0.15, -0.1) is 0 Å². The highest BCUT2D eigenvalue weighted by atomic mass is 14.7. The van der Waals surface area contributed by atoms with Crippen molar-refractivity contribution in [3.63, 3.8) is 0 Å². The Bertz CT molecular complexity index is 919. The third-order valence-electron chi connectivity index (χ3n) is 8.85. The van der Waals surface area contributed by atoms with Gasteiger partial charge in [0.25, 0.3) is 0 Å². The standard InChI is InChI=1S/C36H55N/c1-6-14-31-26-34(33-17-9-8-10-18-33)28-36(27-31,23-7-2)25-13-15-29(3)32-21-19-30(20-22-32)16-11-12-24-35(4,5)37/h8-10,17-22,31,34H,3,6-7,11-16,23-28,37H2,1-2,4-5H3. The van der Waals surface area contributed by atoms with E-state index in [9.17, 15) is 0 Å². The van der Waals surface area contributed by atoms with Gasteiger partial charge in [0.05, 0.1) is 0 Å². The Morgan fingerprint density at radius 3 is 2.30 bits per heavy atom. The second kappa shape index (κ2) is 14.3. The van der Waals surface area contributed by atoms with Crippen molar-refractivity contribution in [2.24, 2.45) is 17.1 Å². The Labute approximate surface area is 229 Å². The van der Waals surface area contributed by atoms with Crippen LogP contribution in [-0.4, -0.2) is 5.54 Å². The van der Waals surface area contributed by atoms with Gasteiger partial charge in [0, 0.05) is 5.54 Å². The van der Waals surface area contributed by atoms with Crippen LogP contribution in [0.5, 0.6) is 0 Å². The number of hydrogen-bond donors (Lipinski definition) is 1. The minimum atomic E-state index is -0.0473. The fourth-order valence-corrected chi connectivity index (χ4v) is 7.10. The van der Waals surface area contributed by atoms with E-state index in [0.29, 0.717) is 5.41 Å². The molecular formula is C36H55N. The van der Waals surface area contributed by atoms with Gasteiger partial charge in [-0.05, 0) is 118 Å². The third kappa shape index (κ3) is 9.75. The Hall–Kier alpha value is -1.86. The Balaban J connectivity index is 1.56. The van der Waals surface area contributed by atoms with Crippen molar-refractivity contribution in [2.75, 3.05) is 0 Å². The molecule has 3 atom stereocenters. The minimum absolute atomic E-state index is 0.0473. The number of hydrogen-bond acceptors (Lipinski definition) is 1. The molecule has 1 fully saturated rings. The maximum Gasteiger partial charge on any atom is 0.00970 e. The van der Waals surface area contributed by atoms with E-state index in [1.807, 2.05) is 0 Å². The number of rotatable bonds is 15. The zero-order valence-electron chi connectivity index (χ0n) is 24.5. The minimum Gasteiger partial charge on any atom is -0.326 e. The first-order valence-electron chi connectivity index (χ1n) is 15.3. The molecule has 0 saturated heterocycles. The number of nitrogens with two attached hydrogens (primary N) is 1. The molecule has 0 spiro atoms. The summed E-state index contributed by atoms with van der Waals surface area (Å²) in [4.78, 5) is 0. The molecule has 2 N–H and O–H groups in total. The second-order valence-electron chi connectivity index (χ2n) is 13.0. The Morgan fingerprint density at radius 2 is 1.65 bits per heavy atom. The predicted molar refractivity (Wildman–Crippen MR) is 164 cm³/mol. The van der Waals surface area contributed by atoms with Crippen LogP contribution in [-0.2, 0) is 6.42 Å². The molecule has 1 aliphatic carbocycles. The Kier molecular flexibility index (Phi) is 11.5. The summed E-state index contributed by atoms with van der Waals surface area (Å²) in [5.41, 5.74) is 12.2. The van der Waals surface area contributed by atoms with E-state index in [1.54, 1.807) is 5.56 Å². The van der Waals surface area contributed by atoms with Gasteiger partial charge in [0.15, 0.2) is 0 Å². The number of aryl methyl sites for hydroxylation is 1. The van der Waals surface area contributed by atoms with Crippen molar-refractivity contribution >= 4 is 5.57 Å². The van der Waals surface area contributed by atoms with Gasteiger partial charge < -0.3 is 5.73 Å². The molecule has 1 aliphatic rings. The lowest BCUT2D eigenvalue weighted by Crippen LogP contribution is -2.33. The summed E-state index contributed by atoms with van der Waals surface area (Å²) in [5, 5.41) is 0. The maximum atomic E-state index is 6.12. The molecule has 204 valence electrons. The second-order valence-corrected chi connectivity index (χ2v) is 13.0. The molecule has 0 heterocycles. The summed E-state index contributed by atoms with van der Waals surface area (Å²) in [7, 11) is 0. The van der Waals surface area contributed by atoms with Crippen LogP contribution in [0.2, 0.25) is 0 Å². The molecule has 0 radical (unpaired) electrons. The van der Waals surface area contributed by atoms with E-state index in [4.69, 9.17) is 5.73 Å². The smallest absolute Gasteiger partial charge is 0.00970 e. The van der Waals surface area contributed by atoms with Gasteiger partial charge >= 0.3 is 0 Å². The first-order valence-corrected chi connectivity index (χ1v) is 15.3. The maximum absolute atomic E-state index is 6.12. The normalized spacial score (nSPS) is 22.2. The van der Waals surface area contributed by atoms with Crippen molar-refractivity contribution in [3.8, 4) is 0 Å². The van der Waals surface area contributed by atoms with Crippen molar-refractivity contribution in [1.29, 1.82) is 0 Å². The molecule has 2 aromatic rings. The highest BCUT2D eigenvalue weighted by Crippen LogP contribution is 2.53. The first-order chi connectivity index (χ1) is 17.7. The highest BCUT2D eigenvalue weighted by Gasteiger charge is 2.39. The zero-order valence-corrected chi connectivity index (χ0v) is 24.5. The average molecular weight is 502 g/mol. The molecule has 0 aromatic heterocycles. The van der Waals surface area contributed by atoms with E-state index < -0.39 is 0 Å². The molecule has 0 aliphatic heterocycles. The van der Waals surface area contributed by atoms with Gasteiger partial charge in [-0.1, -0.05) is 101 Å². The predicted octanol–water partition coefficient (Wildman–Crippen LogP) is 10.5. The molecule has 2 aromatic carbocycles. The lowest BCUT2D eigenvalue weighted by atomic mass is 9.59. The average Bonchev–Trinajstić information content (AvgIpc) is 2.87. The molecule has 3 rings (SSSR count). The monoisotopic (exact) mass is 501 g/mol. The molecular weight excluding hydrogens is 446 g/mol. The lowest BCUT2D eigenvalue weighted by molar-refractivity contribution is 0.0894. The molecule has 1 saturated carbocycles. The Morgan fingerprint density at radius 1 is 0.919 bits per heavy atom. The molecule has 3 unspecified atom stereocenters. The van der Waals surface area contributed by atoms with Crippen molar-refractivity contribution in [1.82, 2.24) is 0 Å². The van der Waals surface area contributed by atoms with Gasteiger partial charge in [-0.3, -0.25) is 0 Å². The van der Waals surface area contributed by atoms with Crippen LogP contribution < -0.4 is 5.73 Å². The van der Waals surface area contributed by atoms with Crippen LogP contribution in [0, 0.1) is 11.3 Å². The quantitative estimate of drug-likeness (QED) is 0.241. The van der Waals surface area contributed by atoms with Gasteiger partial charge in [0.2, 0.25) is 0 Å². The zero-order chi connectivity index (χ0) is 26.7. The van der Waals surface area contributed by atoms with E-state index in [1.165, 1.54) is 87.3 Å². The molecule has 0 amide bonds. The number of benzene rings is 2. The first kappa shape index (κ1) is 29.7. The van der Waals surface area contributed by atoms with Crippen LogP contribution in [0.4, 0.5) is 0 Å². The highest BCUT2D eigenvalue weighted by molar-refractivity contribution is 5.63. The van der Waals surface area contributed by atoms with Crippen LogP contribution in [0.25, 0.3) is 5.57 Å². The van der Waals surface area contributed by atoms with Crippen LogP contribution in [0.1, 0.15) is 134 Å². The molecule has 0 bridgehead atoms. The van der Waals surface area contributed by atoms with Gasteiger partial charge in [-0.2, -0.15) is 0 Å². The molecule has 1 heteroatoms. The van der Waals surface area contributed by atoms with Gasteiger partial charge in [-0.25, -0.2) is 0 Å². The van der Waals surface area contributed by atoms with Crippen LogP contribution in [0.3, 0.4) is 0 Å². The largest absolute Gasteiger partial charge is 0.326 e. The van der Waals surface area contributed by atoms with Crippen LogP contribution in [0.15, 0.2) is 61.2 Å². The molecule has 1 nitrogen and oxygen atoms in total. The summed E-state index contributed by atoms with van der Waals surface area (Å²) < 4.78 is 0. The van der Waals surface area contributed by atoms with Crippen molar-refractivity contribution in [2.45, 2.75) is 129 Å². The summed E-state index contributed by atoms with van der Waals surface area (Å²) >= 11 is 0. The molecule has 37 heavy (non-hydrogen) atoms. The van der Waals surface area contributed by atoms with E-state index in [-0.39, 0.29) is 5.54 Å². The lowest BCUT2D eigenvalue weighted by Gasteiger charge is -2.45. The third-order valence-corrected chi connectivity index (χ3v) is 8.85. The van der Waals surface area contributed by atoms with Crippen LogP contribution >= 0.6 is 0 Å². The SMILES string of the molecule is C=C(CCCC1(CCC)CC(CCC)CC(c2ccccc2)C1)c1ccc(CCCCC(C)(C)N)cc1. The summed E-state index contributed by atoms with van der Waals surface area (Å²) in [6.45, 7) is 13.5. The topological polar surface area (TPSA) is 26.0 Å². The number of allylic oxidation sites excluding steroid dienone is 1. The van der Waals surface area contributed by atoms with Crippen molar-refractivity contribution < 1.29 is 0 Å². The van der Waals surface area contributed by atoms with Gasteiger partial charge in [0.1, 0.15) is 0 Å². The number of unbranched alkanes of at least 4 members (excludes halogenated alkanes) is 1. The summed E-state index contributed by atoms with van der Waals surface area (Å²) in [6, 6.07) is 20.6. The van der Waals surface area contributed by atoms with Crippen molar-refractivity contribution in [3.05, 3.63) is 77.9 Å². The van der Waals surface area contributed by atoms with E-state index in [0.717, 1.165) is 31.1 Å². The summed E-state index contributed by atoms with van der Waals surface area (Å²) in [6.07, 6.45) is 17.9.